The first kappa shape index (κ1) is 11.5. The third-order valence-corrected chi connectivity index (χ3v) is 3.00. The fraction of sp³-hybridized carbons (Fsp3) is 0.636. The number of hydrogen-bond donors (Lipinski definition) is 0. The zero-order valence-electron chi connectivity index (χ0n) is 10.00. The molecule has 0 radical (unpaired) electrons. The molecule has 2 heterocycles. The van der Waals surface area contributed by atoms with E-state index < -0.39 is 0 Å². The van der Waals surface area contributed by atoms with Gasteiger partial charge >= 0.3 is 0 Å². The molecule has 0 saturated heterocycles. The fourth-order valence-electron chi connectivity index (χ4n) is 2.10. The molecule has 0 aromatic carbocycles. The van der Waals surface area contributed by atoms with Gasteiger partial charge in [0.2, 0.25) is 0 Å². The molecule has 0 amide bonds. The third kappa shape index (κ3) is 1.61. The van der Waals surface area contributed by atoms with Crippen molar-refractivity contribution in [3.8, 4) is 0 Å². The summed E-state index contributed by atoms with van der Waals surface area (Å²) in [5, 5.41) is 4.48. The quantitative estimate of drug-likeness (QED) is 0.770. The van der Waals surface area contributed by atoms with Gasteiger partial charge in [-0.25, -0.2) is 9.67 Å². The van der Waals surface area contributed by atoms with Crippen LogP contribution in [0, 0.1) is 6.92 Å². The summed E-state index contributed by atoms with van der Waals surface area (Å²) in [5.41, 5.74) is 3.14. The Kier molecular flexibility index (Phi) is 3.19. The second kappa shape index (κ2) is 4.45. The van der Waals surface area contributed by atoms with Crippen LogP contribution >= 0.6 is 11.6 Å². The average molecular weight is 241 g/mol. The van der Waals surface area contributed by atoms with Gasteiger partial charge in [-0.3, -0.25) is 0 Å². The molecule has 4 nitrogen and oxygen atoms in total. The van der Waals surface area contributed by atoms with Gasteiger partial charge in [0.25, 0.3) is 0 Å². The first-order valence-corrected chi connectivity index (χ1v) is 6.24. The lowest BCUT2D eigenvalue weighted by molar-refractivity contribution is 0.628. The highest BCUT2D eigenvalue weighted by molar-refractivity contribution is 6.17. The molecule has 2 aromatic heterocycles. The van der Waals surface area contributed by atoms with Crippen molar-refractivity contribution < 1.29 is 0 Å². The largest absolute Gasteiger partial charge is 0.313 e. The molecule has 0 spiro atoms. The molecule has 0 bridgehead atoms. The van der Waals surface area contributed by atoms with E-state index in [9.17, 15) is 0 Å². The van der Waals surface area contributed by atoms with Crippen LogP contribution in [0.4, 0.5) is 0 Å². The van der Waals surface area contributed by atoms with Crippen molar-refractivity contribution in [3.63, 3.8) is 0 Å². The molecule has 88 valence electrons. The van der Waals surface area contributed by atoms with Crippen LogP contribution in [0.25, 0.3) is 11.2 Å². The minimum absolute atomic E-state index is 0.609. The fourth-order valence-corrected chi connectivity index (χ4v) is 2.27. The minimum atomic E-state index is 0.609. The van der Waals surface area contributed by atoms with E-state index >= 15 is 0 Å². The number of hydrogen-bond acceptors (Lipinski definition) is 2. The molecule has 0 saturated carbocycles. The highest BCUT2D eigenvalue weighted by Crippen LogP contribution is 2.20. The Bertz CT molecular complexity index is 498. The van der Waals surface area contributed by atoms with Crippen LogP contribution in [0.2, 0.25) is 0 Å². The van der Waals surface area contributed by atoms with Crippen LogP contribution < -0.4 is 0 Å². The molecule has 0 aliphatic carbocycles. The Balaban J connectivity index is 2.68. The van der Waals surface area contributed by atoms with Gasteiger partial charge < -0.3 is 4.57 Å². The number of alkyl halides is 1. The number of aryl methyl sites for hydroxylation is 4. The van der Waals surface area contributed by atoms with E-state index in [-0.39, 0.29) is 0 Å². The van der Waals surface area contributed by atoms with Crippen LogP contribution in [-0.4, -0.2) is 25.2 Å². The summed E-state index contributed by atoms with van der Waals surface area (Å²) < 4.78 is 4.22. The van der Waals surface area contributed by atoms with E-state index in [2.05, 4.69) is 28.5 Å². The highest BCUT2D eigenvalue weighted by Gasteiger charge is 2.16. The molecule has 16 heavy (non-hydrogen) atoms. The Hall–Kier alpha value is -1.03. The smallest absolute Gasteiger partial charge is 0.158 e. The number of imidazole rings is 1. The SMILES string of the molecule is CCn1nc(C)c2nc(CCCl)n(CC)c21. The van der Waals surface area contributed by atoms with Crippen LogP contribution in [0.15, 0.2) is 0 Å². The maximum atomic E-state index is 5.80. The normalized spacial score (nSPS) is 11.5. The number of aromatic nitrogens is 4. The molecule has 0 unspecified atom stereocenters. The Morgan fingerprint density at radius 1 is 1.25 bits per heavy atom. The standard InChI is InChI=1S/C11H17ClN4/c1-4-15-9(6-7-12)13-10-8(3)14-16(5-2)11(10)15/h4-7H2,1-3H3. The van der Waals surface area contributed by atoms with E-state index in [1.54, 1.807) is 0 Å². The molecule has 2 rings (SSSR count). The second-order valence-corrected chi connectivity index (χ2v) is 4.16. The van der Waals surface area contributed by atoms with Crippen molar-refractivity contribution in [2.45, 2.75) is 40.3 Å². The van der Waals surface area contributed by atoms with Gasteiger partial charge in [-0.15, -0.1) is 11.6 Å². The Labute approximate surface area is 100 Å². The highest BCUT2D eigenvalue weighted by atomic mass is 35.5. The number of rotatable bonds is 4. The monoisotopic (exact) mass is 240 g/mol. The maximum absolute atomic E-state index is 5.80. The van der Waals surface area contributed by atoms with Crippen molar-refractivity contribution in [2.24, 2.45) is 0 Å². The molecule has 0 atom stereocenters. The first-order chi connectivity index (χ1) is 7.72. The second-order valence-electron chi connectivity index (χ2n) is 3.78. The van der Waals surface area contributed by atoms with Crippen LogP contribution in [0.5, 0.6) is 0 Å². The minimum Gasteiger partial charge on any atom is -0.313 e. The first-order valence-electron chi connectivity index (χ1n) is 5.71. The number of nitrogens with zero attached hydrogens (tertiary/aromatic N) is 4. The summed E-state index contributed by atoms with van der Waals surface area (Å²) in [6.07, 6.45) is 0.813. The van der Waals surface area contributed by atoms with Crippen LogP contribution in [0.1, 0.15) is 25.4 Å². The number of halogens is 1. The summed E-state index contributed by atoms with van der Waals surface area (Å²) in [5.74, 6) is 1.67. The van der Waals surface area contributed by atoms with Gasteiger partial charge in [0, 0.05) is 25.4 Å². The molecular formula is C11H17ClN4. The topological polar surface area (TPSA) is 35.6 Å². The Morgan fingerprint density at radius 2 is 2.00 bits per heavy atom. The molecule has 0 aliphatic heterocycles. The zero-order valence-corrected chi connectivity index (χ0v) is 10.8. The molecular weight excluding hydrogens is 224 g/mol. The lowest BCUT2D eigenvalue weighted by Crippen LogP contribution is -2.07. The third-order valence-electron chi connectivity index (χ3n) is 2.81. The lowest BCUT2D eigenvalue weighted by atomic mass is 10.4. The van der Waals surface area contributed by atoms with Crippen LogP contribution in [0.3, 0.4) is 0 Å². The van der Waals surface area contributed by atoms with Crippen LogP contribution in [-0.2, 0) is 19.5 Å². The Morgan fingerprint density at radius 3 is 2.56 bits per heavy atom. The molecule has 0 aliphatic rings. The maximum Gasteiger partial charge on any atom is 0.158 e. The van der Waals surface area contributed by atoms with Crippen molar-refractivity contribution in [3.05, 3.63) is 11.5 Å². The van der Waals surface area contributed by atoms with Gasteiger partial charge in [-0.1, -0.05) is 0 Å². The summed E-state index contributed by atoms with van der Waals surface area (Å²) in [6.45, 7) is 8.01. The summed E-state index contributed by atoms with van der Waals surface area (Å²) in [7, 11) is 0. The van der Waals surface area contributed by atoms with E-state index in [4.69, 9.17) is 11.6 Å². The van der Waals surface area contributed by atoms with Gasteiger partial charge in [-0.2, -0.15) is 5.10 Å². The zero-order chi connectivity index (χ0) is 11.7. The van der Waals surface area contributed by atoms with Gasteiger partial charge in [0.1, 0.15) is 11.3 Å². The van der Waals surface area contributed by atoms with Crippen molar-refractivity contribution >= 4 is 22.8 Å². The van der Waals surface area contributed by atoms with Crippen molar-refractivity contribution in [1.29, 1.82) is 0 Å². The van der Waals surface area contributed by atoms with E-state index in [0.717, 1.165) is 42.2 Å². The van der Waals surface area contributed by atoms with E-state index in [1.807, 2.05) is 11.6 Å². The van der Waals surface area contributed by atoms with Gasteiger partial charge in [-0.05, 0) is 20.8 Å². The van der Waals surface area contributed by atoms with Gasteiger partial charge in [0.05, 0.1) is 5.69 Å². The molecule has 2 aromatic rings. The molecule has 0 N–H and O–H groups in total. The lowest BCUT2D eigenvalue weighted by Gasteiger charge is -2.06. The van der Waals surface area contributed by atoms with Gasteiger partial charge in [0.15, 0.2) is 5.65 Å². The van der Waals surface area contributed by atoms with Crippen molar-refractivity contribution in [2.75, 3.05) is 5.88 Å². The average Bonchev–Trinajstić information content (AvgIpc) is 2.77. The summed E-state index contributed by atoms with van der Waals surface area (Å²) in [4.78, 5) is 4.64. The van der Waals surface area contributed by atoms with Crippen molar-refractivity contribution in [1.82, 2.24) is 19.3 Å². The molecule has 0 fully saturated rings. The predicted molar refractivity (Wildman–Crippen MR) is 66.0 cm³/mol. The predicted octanol–water partition coefficient (Wildman–Crippen LogP) is 2.36. The summed E-state index contributed by atoms with van der Waals surface area (Å²) >= 11 is 5.80. The summed E-state index contributed by atoms with van der Waals surface area (Å²) in [6, 6.07) is 0. The molecule has 5 heteroatoms. The van der Waals surface area contributed by atoms with E-state index in [1.165, 1.54) is 0 Å². The number of fused-ring (bicyclic) bond motifs is 1. The van der Waals surface area contributed by atoms with E-state index in [0.29, 0.717) is 5.88 Å².